The second kappa shape index (κ2) is 7.72. The van der Waals surface area contributed by atoms with Crippen LogP contribution in [-0.2, 0) is 17.8 Å². The molecule has 1 amide bonds. The maximum absolute atomic E-state index is 12.6. The Hall–Kier alpha value is -2.30. The first-order valence-electron chi connectivity index (χ1n) is 9.20. The SMILES string of the molecule is CCn1nc(C)c(CCC(=O)N2CCN(c3ccccc3)CC2)c1C. The molecule has 0 radical (unpaired) electrons. The van der Waals surface area contributed by atoms with Gasteiger partial charge in [0.2, 0.25) is 5.91 Å². The highest BCUT2D eigenvalue weighted by Crippen LogP contribution is 2.18. The largest absolute Gasteiger partial charge is 0.368 e. The van der Waals surface area contributed by atoms with Gasteiger partial charge in [0.05, 0.1) is 5.69 Å². The number of aryl methyl sites for hydroxylation is 2. The van der Waals surface area contributed by atoms with E-state index in [4.69, 9.17) is 0 Å². The van der Waals surface area contributed by atoms with Crippen molar-refractivity contribution in [2.24, 2.45) is 0 Å². The summed E-state index contributed by atoms with van der Waals surface area (Å²) < 4.78 is 2.02. The molecule has 0 aliphatic carbocycles. The average molecular weight is 340 g/mol. The number of nitrogens with zero attached hydrogens (tertiary/aromatic N) is 4. The van der Waals surface area contributed by atoms with Crippen LogP contribution in [-0.4, -0.2) is 46.8 Å². The van der Waals surface area contributed by atoms with Crippen molar-refractivity contribution in [2.75, 3.05) is 31.1 Å². The summed E-state index contributed by atoms with van der Waals surface area (Å²) in [7, 11) is 0. The minimum atomic E-state index is 0.260. The number of amides is 1. The van der Waals surface area contributed by atoms with Gasteiger partial charge in [-0.2, -0.15) is 5.10 Å². The Labute approximate surface area is 150 Å². The molecule has 0 saturated carbocycles. The van der Waals surface area contributed by atoms with Crippen LogP contribution < -0.4 is 4.90 Å². The Balaban J connectivity index is 1.53. The maximum atomic E-state index is 12.6. The number of aromatic nitrogens is 2. The second-order valence-corrected chi connectivity index (χ2v) is 6.67. The fourth-order valence-electron chi connectivity index (χ4n) is 3.65. The molecule has 2 heterocycles. The van der Waals surface area contributed by atoms with Crippen LogP contribution in [0.5, 0.6) is 0 Å². The first-order valence-corrected chi connectivity index (χ1v) is 9.20. The lowest BCUT2D eigenvalue weighted by atomic mass is 10.1. The van der Waals surface area contributed by atoms with E-state index in [1.807, 2.05) is 22.6 Å². The molecule has 0 atom stereocenters. The van der Waals surface area contributed by atoms with Gasteiger partial charge in [-0.3, -0.25) is 9.48 Å². The van der Waals surface area contributed by atoms with Crippen LogP contribution in [0.25, 0.3) is 0 Å². The van der Waals surface area contributed by atoms with Gasteiger partial charge < -0.3 is 9.80 Å². The van der Waals surface area contributed by atoms with Crippen molar-refractivity contribution in [3.63, 3.8) is 0 Å². The van der Waals surface area contributed by atoms with Crippen LogP contribution in [0.2, 0.25) is 0 Å². The number of rotatable bonds is 5. The normalized spacial score (nSPS) is 14.8. The Bertz CT molecular complexity index is 715. The molecule has 5 nitrogen and oxygen atoms in total. The van der Waals surface area contributed by atoms with Crippen molar-refractivity contribution in [3.8, 4) is 0 Å². The second-order valence-electron chi connectivity index (χ2n) is 6.67. The van der Waals surface area contributed by atoms with Gasteiger partial charge in [-0.15, -0.1) is 0 Å². The Morgan fingerprint density at radius 3 is 2.36 bits per heavy atom. The van der Waals surface area contributed by atoms with Crippen molar-refractivity contribution in [1.82, 2.24) is 14.7 Å². The number of para-hydroxylation sites is 1. The summed E-state index contributed by atoms with van der Waals surface area (Å²) in [6.45, 7) is 10.5. The van der Waals surface area contributed by atoms with Crippen LogP contribution >= 0.6 is 0 Å². The molecule has 5 heteroatoms. The van der Waals surface area contributed by atoms with Gasteiger partial charge in [0, 0.05) is 50.5 Å². The Morgan fingerprint density at radius 1 is 1.08 bits per heavy atom. The molecule has 0 bridgehead atoms. The van der Waals surface area contributed by atoms with Gasteiger partial charge in [0.1, 0.15) is 0 Å². The zero-order valence-corrected chi connectivity index (χ0v) is 15.5. The van der Waals surface area contributed by atoms with Crippen LogP contribution in [0.4, 0.5) is 5.69 Å². The van der Waals surface area contributed by atoms with E-state index in [1.165, 1.54) is 16.9 Å². The summed E-state index contributed by atoms with van der Waals surface area (Å²) in [5, 5.41) is 4.55. The molecule has 0 spiro atoms. The number of anilines is 1. The third-order valence-electron chi connectivity index (χ3n) is 5.17. The molecule has 134 valence electrons. The van der Waals surface area contributed by atoms with E-state index >= 15 is 0 Å². The first kappa shape index (κ1) is 17.5. The fourth-order valence-corrected chi connectivity index (χ4v) is 3.65. The molecule has 2 aromatic rings. The summed E-state index contributed by atoms with van der Waals surface area (Å²) >= 11 is 0. The zero-order chi connectivity index (χ0) is 17.8. The number of hydrogen-bond donors (Lipinski definition) is 0. The maximum Gasteiger partial charge on any atom is 0.223 e. The summed E-state index contributed by atoms with van der Waals surface area (Å²) in [6.07, 6.45) is 1.36. The highest BCUT2D eigenvalue weighted by Gasteiger charge is 2.22. The summed E-state index contributed by atoms with van der Waals surface area (Å²) in [6, 6.07) is 10.4. The van der Waals surface area contributed by atoms with E-state index in [2.05, 4.69) is 48.1 Å². The van der Waals surface area contributed by atoms with Crippen LogP contribution in [0.3, 0.4) is 0 Å². The Morgan fingerprint density at radius 2 is 1.76 bits per heavy atom. The minimum Gasteiger partial charge on any atom is -0.368 e. The lowest BCUT2D eigenvalue weighted by Crippen LogP contribution is -2.48. The summed E-state index contributed by atoms with van der Waals surface area (Å²) in [5.74, 6) is 0.260. The van der Waals surface area contributed by atoms with E-state index in [1.54, 1.807) is 0 Å². The van der Waals surface area contributed by atoms with Crippen molar-refractivity contribution in [1.29, 1.82) is 0 Å². The third kappa shape index (κ3) is 3.86. The van der Waals surface area contributed by atoms with Crippen LogP contribution in [0, 0.1) is 13.8 Å². The highest BCUT2D eigenvalue weighted by atomic mass is 16.2. The molecular weight excluding hydrogens is 312 g/mol. The van der Waals surface area contributed by atoms with Crippen LogP contribution in [0.15, 0.2) is 30.3 Å². The first-order chi connectivity index (χ1) is 12.1. The fraction of sp³-hybridized carbons (Fsp3) is 0.500. The van der Waals surface area contributed by atoms with Gasteiger partial charge in [-0.05, 0) is 44.9 Å². The van der Waals surface area contributed by atoms with Crippen molar-refractivity contribution in [3.05, 3.63) is 47.3 Å². The topological polar surface area (TPSA) is 41.4 Å². The van der Waals surface area contributed by atoms with E-state index < -0.39 is 0 Å². The highest BCUT2D eigenvalue weighted by molar-refractivity contribution is 5.77. The van der Waals surface area contributed by atoms with Gasteiger partial charge in [-0.25, -0.2) is 0 Å². The molecule has 25 heavy (non-hydrogen) atoms. The van der Waals surface area contributed by atoms with E-state index in [0.717, 1.165) is 44.8 Å². The third-order valence-corrected chi connectivity index (χ3v) is 5.17. The molecule has 1 saturated heterocycles. The lowest BCUT2D eigenvalue weighted by molar-refractivity contribution is -0.131. The number of carbonyl (C=O) groups is 1. The number of hydrogen-bond acceptors (Lipinski definition) is 3. The molecule has 0 N–H and O–H groups in total. The molecular formula is C20H28N4O. The van der Waals surface area contributed by atoms with E-state index in [9.17, 15) is 4.79 Å². The molecule has 1 fully saturated rings. The molecule has 0 unspecified atom stereocenters. The molecule has 1 aliphatic heterocycles. The van der Waals surface area contributed by atoms with E-state index in [0.29, 0.717) is 6.42 Å². The predicted molar refractivity (Wildman–Crippen MR) is 101 cm³/mol. The van der Waals surface area contributed by atoms with Crippen LogP contribution in [0.1, 0.15) is 30.3 Å². The molecule has 3 rings (SSSR count). The van der Waals surface area contributed by atoms with Gasteiger partial charge in [0.25, 0.3) is 0 Å². The molecule has 1 aliphatic rings. The number of carbonyl (C=O) groups excluding carboxylic acids is 1. The van der Waals surface area contributed by atoms with Gasteiger partial charge >= 0.3 is 0 Å². The quantitative estimate of drug-likeness (QED) is 0.840. The predicted octanol–water partition coefficient (Wildman–Crippen LogP) is 2.80. The smallest absolute Gasteiger partial charge is 0.223 e. The van der Waals surface area contributed by atoms with Crippen molar-refractivity contribution < 1.29 is 4.79 Å². The zero-order valence-electron chi connectivity index (χ0n) is 15.5. The molecule has 1 aromatic carbocycles. The standard InChI is InChI=1S/C20H28N4O/c1-4-24-17(3)19(16(2)21-24)10-11-20(25)23-14-12-22(13-15-23)18-8-6-5-7-9-18/h5-9H,4,10-15H2,1-3H3. The number of piperazine rings is 1. The average Bonchev–Trinajstić information content (AvgIpc) is 2.94. The van der Waals surface area contributed by atoms with Gasteiger partial charge in [0.15, 0.2) is 0 Å². The lowest BCUT2D eigenvalue weighted by Gasteiger charge is -2.36. The minimum absolute atomic E-state index is 0.260. The van der Waals surface area contributed by atoms with E-state index in [-0.39, 0.29) is 5.91 Å². The molecule has 1 aromatic heterocycles. The Kier molecular flexibility index (Phi) is 5.41. The monoisotopic (exact) mass is 340 g/mol. The van der Waals surface area contributed by atoms with Crippen molar-refractivity contribution in [2.45, 2.75) is 40.2 Å². The summed E-state index contributed by atoms with van der Waals surface area (Å²) in [4.78, 5) is 17.0. The summed E-state index contributed by atoms with van der Waals surface area (Å²) in [5.41, 5.74) is 4.73. The van der Waals surface area contributed by atoms with Crippen molar-refractivity contribution >= 4 is 11.6 Å². The number of benzene rings is 1. The van der Waals surface area contributed by atoms with Gasteiger partial charge in [-0.1, -0.05) is 18.2 Å².